The summed E-state index contributed by atoms with van der Waals surface area (Å²) in [6.07, 6.45) is 4.62. The first-order chi connectivity index (χ1) is 8.07. The quantitative estimate of drug-likeness (QED) is 0.281. The van der Waals surface area contributed by atoms with E-state index >= 15 is 0 Å². The third-order valence-corrected chi connectivity index (χ3v) is 2.10. The number of hydrogen-bond donors (Lipinski definition) is 1. The van der Waals surface area contributed by atoms with E-state index in [0.717, 1.165) is 0 Å². The molecule has 8 heteroatoms. The fourth-order valence-electron chi connectivity index (χ4n) is 1.29. The smallest absolute Gasteiger partial charge is 0.314 e. The lowest BCUT2D eigenvalue weighted by atomic mass is 10.1. The zero-order valence-corrected chi connectivity index (χ0v) is 9.07. The van der Waals surface area contributed by atoms with Gasteiger partial charge in [-0.1, -0.05) is 17.3 Å². The Balaban J connectivity index is 3.10. The van der Waals surface area contributed by atoms with Gasteiger partial charge in [-0.15, -0.1) is 0 Å². The van der Waals surface area contributed by atoms with Crippen molar-refractivity contribution in [3.8, 4) is 0 Å². The van der Waals surface area contributed by atoms with E-state index in [1.54, 1.807) is 19.1 Å². The molecule has 0 atom stereocenters. The van der Waals surface area contributed by atoms with E-state index in [1.807, 2.05) is 0 Å². The minimum Gasteiger partial charge on any atom is -0.378 e. The predicted molar refractivity (Wildman–Crippen MR) is 63.1 cm³/mol. The fourth-order valence-corrected chi connectivity index (χ4v) is 1.29. The molecular formula is C9H10N6O2. The van der Waals surface area contributed by atoms with Crippen LogP contribution in [0, 0.1) is 17.0 Å². The largest absolute Gasteiger partial charge is 0.378 e. The van der Waals surface area contributed by atoms with E-state index < -0.39 is 4.92 Å². The van der Waals surface area contributed by atoms with Crippen molar-refractivity contribution in [2.75, 3.05) is 12.3 Å². The highest BCUT2D eigenvalue weighted by Gasteiger charge is 2.18. The average Bonchev–Trinajstić information content (AvgIpc) is 2.26. The van der Waals surface area contributed by atoms with Gasteiger partial charge in [0.15, 0.2) is 0 Å². The van der Waals surface area contributed by atoms with Crippen LogP contribution in [-0.2, 0) is 0 Å². The van der Waals surface area contributed by atoms with Crippen LogP contribution in [0.3, 0.4) is 0 Å². The lowest BCUT2D eigenvalue weighted by molar-refractivity contribution is -0.384. The Morgan fingerprint density at radius 2 is 2.47 bits per heavy atom. The number of nitro groups is 1. The summed E-state index contributed by atoms with van der Waals surface area (Å²) in [6, 6.07) is 0. The van der Waals surface area contributed by atoms with Crippen molar-refractivity contribution < 1.29 is 4.92 Å². The van der Waals surface area contributed by atoms with Crippen molar-refractivity contribution >= 4 is 17.6 Å². The van der Waals surface area contributed by atoms with Crippen LogP contribution in [0.1, 0.15) is 11.1 Å². The molecular weight excluding hydrogens is 224 g/mol. The van der Waals surface area contributed by atoms with Crippen molar-refractivity contribution in [1.29, 1.82) is 0 Å². The molecule has 0 aliphatic carbocycles. The number of nitrogens with two attached hydrogens (primary N) is 1. The summed E-state index contributed by atoms with van der Waals surface area (Å²) in [7, 11) is 0. The topological polar surface area (TPSA) is 131 Å². The van der Waals surface area contributed by atoms with Crippen molar-refractivity contribution in [3.05, 3.63) is 44.0 Å². The van der Waals surface area contributed by atoms with Gasteiger partial charge in [0.2, 0.25) is 5.82 Å². The molecule has 0 unspecified atom stereocenters. The van der Waals surface area contributed by atoms with E-state index in [4.69, 9.17) is 11.3 Å². The van der Waals surface area contributed by atoms with Crippen LogP contribution in [-0.4, -0.2) is 16.5 Å². The van der Waals surface area contributed by atoms with Gasteiger partial charge in [-0.25, -0.2) is 4.98 Å². The Bertz CT molecular complexity index is 518. The molecule has 1 heterocycles. The number of anilines is 1. The Kier molecular flexibility index (Phi) is 4.02. The third kappa shape index (κ3) is 2.93. The van der Waals surface area contributed by atoms with E-state index in [2.05, 4.69) is 15.0 Å². The standard InChI is InChI=1S/C9H10N6O2/c1-6-7(3-2-4-13-14-11)5-12-9(10)8(6)15(16)17/h2-3,5H,4H2,1H3,(H2,10,12). The van der Waals surface area contributed by atoms with Gasteiger partial charge in [0.05, 0.1) is 4.92 Å². The molecule has 1 aromatic rings. The first kappa shape index (κ1) is 12.5. The number of rotatable bonds is 4. The minimum absolute atomic E-state index is 0.111. The second-order valence-corrected chi connectivity index (χ2v) is 3.15. The highest BCUT2D eigenvalue weighted by atomic mass is 16.6. The first-order valence-corrected chi connectivity index (χ1v) is 4.64. The number of nitrogens with zero attached hydrogens (tertiary/aromatic N) is 5. The molecule has 0 radical (unpaired) electrons. The number of pyridine rings is 1. The highest BCUT2D eigenvalue weighted by molar-refractivity contribution is 5.66. The van der Waals surface area contributed by atoms with Gasteiger partial charge < -0.3 is 5.73 Å². The van der Waals surface area contributed by atoms with Crippen molar-refractivity contribution in [1.82, 2.24) is 4.98 Å². The molecule has 0 saturated heterocycles. The average molecular weight is 234 g/mol. The predicted octanol–water partition coefficient (Wildman–Crippen LogP) is 2.20. The number of aromatic nitrogens is 1. The minimum atomic E-state index is -0.567. The van der Waals surface area contributed by atoms with Crippen LogP contribution in [0.4, 0.5) is 11.5 Å². The zero-order valence-electron chi connectivity index (χ0n) is 9.07. The summed E-state index contributed by atoms with van der Waals surface area (Å²) in [4.78, 5) is 16.5. The lowest BCUT2D eigenvalue weighted by Crippen LogP contribution is -2.02. The fraction of sp³-hybridized carbons (Fsp3) is 0.222. The van der Waals surface area contributed by atoms with Crippen molar-refractivity contribution in [3.63, 3.8) is 0 Å². The summed E-state index contributed by atoms with van der Waals surface area (Å²) in [6.45, 7) is 1.76. The van der Waals surface area contributed by atoms with E-state index in [-0.39, 0.29) is 18.1 Å². The van der Waals surface area contributed by atoms with Gasteiger partial charge in [0, 0.05) is 28.8 Å². The summed E-state index contributed by atoms with van der Waals surface area (Å²) < 4.78 is 0. The van der Waals surface area contributed by atoms with Gasteiger partial charge >= 0.3 is 5.69 Å². The normalized spacial score (nSPS) is 10.2. The van der Waals surface area contributed by atoms with Crippen molar-refractivity contribution in [2.45, 2.75) is 6.92 Å². The maximum atomic E-state index is 10.8. The van der Waals surface area contributed by atoms with Gasteiger partial charge in [-0.3, -0.25) is 10.1 Å². The lowest BCUT2D eigenvalue weighted by Gasteiger charge is -2.03. The third-order valence-electron chi connectivity index (χ3n) is 2.10. The van der Waals surface area contributed by atoms with E-state index in [0.29, 0.717) is 11.1 Å². The van der Waals surface area contributed by atoms with Gasteiger partial charge in [0.1, 0.15) is 0 Å². The second-order valence-electron chi connectivity index (χ2n) is 3.15. The van der Waals surface area contributed by atoms with E-state index in [9.17, 15) is 10.1 Å². The number of hydrogen-bond acceptors (Lipinski definition) is 5. The summed E-state index contributed by atoms with van der Waals surface area (Å²) in [5.74, 6) is -0.111. The molecule has 0 aliphatic rings. The zero-order chi connectivity index (χ0) is 12.8. The first-order valence-electron chi connectivity index (χ1n) is 4.64. The van der Waals surface area contributed by atoms with Crippen LogP contribution in [0.25, 0.3) is 16.5 Å². The van der Waals surface area contributed by atoms with Gasteiger partial charge in [0.25, 0.3) is 0 Å². The molecule has 0 spiro atoms. The number of nitrogen functional groups attached to an aromatic ring is 1. The molecule has 0 aliphatic heterocycles. The molecule has 2 N–H and O–H groups in total. The van der Waals surface area contributed by atoms with Crippen LogP contribution >= 0.6 is 0 Å². The van der Waals surface area contributed by atoms with Crippen LogP contribution in [0.5, 0.6) is 0 Å². The highest BCUT2D eigenvalue weighted by Crippen LogP contribution is 2.26. The molecule has 0 amide bonds. The molecule has 88 valence electrons. The Morgan fingerprint density at radius 3 is 3.06 bits per heavy atom. The molecule has 1 aromatic heterocycles. The van der Waals surface area contributed by atoms with Crippen LogP contribution in [0.15, 0.2) is 17.4 Å². The monoisotopic (exact) mass is 234 g/mol. The molecule has 0 saturated carbocycles. The maximum Gasteiger partial charge on any atom is 0.314 e. The van der Waals surface area contributed by atoms with Crippen LogP contribution in [0.2, 0.25) is 0 Å². The SMILES string of the molecule is Cc1c(C=CCN=[N+]=[N-])cnc(N)c1[N+](=O)[O-]. The molecule has 0 bridgehead atoms. The molecule has 0 aromatic carbocycles. The van der Waals surface area contributed by atoms with E-state index in [1.165, 1.54) is 6.20 Å². The van der Waals surface area contributed by atoms with Gasteiger partial charge in [-0.2, -0.15) is 0 Å². The maximum absolute atomic E-state index is 10.8. The van der Waals surface area contributed by atoms with Crippen molar-refractivity contribution in [2.24, 2.45) is 5.11 Å². The molecule has 0 fully saturated rings. The molecule has 8 nitrogen and oxygen atoms in total. The Morgan fingerprint density at radius 1 is 1.76 bits per heavy atom. The number of azide groups is 1. The summed E-state index contributed by atoms with van der Waals surface area (Å²) >= 11 is 0. The van der Waals surface area contributed by atoms with Gasteiger partial charge in [-0.05, 0) is 12.5 Å². The Labute approximate surface area is 96.5 Å². The second kappa shape index (κ2) is 5.47. The summed E-state index contributed by atoms with van der Waals surface area (Å²) in [5.41, 5.74) is 14.3. The summed E-state index contributed by atoms with van der Waals surface area (Å²) in [5, 5.41) is 14.1. The van der Waals surface area contributed by atoms with Crippen LogP contribution < -0.4 is 5.73 Å². The molecule has 1 rings (SSSR count). The Hall–Kier alpha value is -2.60. The molecule has 17 heavy (non-hydrogen) atoms.